The lowest BCUT2D eigenvalue weighted by Gasteiger charge is -2.14. The summed E-state index contributed by atoms with van der Waals surface area (Å²) in [4.78, 5) is 17.0. The van der Waals surface area contributed by atoms with E-state index >= 15 is 0 Å². The van der Waals surface area contributed by atoms with E-state index in [1.807, 2.05) is 24.0 Å². The Hall–Kier alpha value is -2.05. The number of aromatic nitrogens is 2. The first kappa shape index (κ1) is 15.0. The van der Waals surface area contributed by atoms with Gasteiger partial charge in [-0.05, 0) is 12.5 Å². The van der Waals surface area contributed by atoms with E-state index < -0.39 is 0 Å². The molecule has 106 valence electrons. The summed E-state index contributed by atoms with van der Waals surface area (Å²) in [5.41, 5.74) is 1.14. The molecule has 0 atom stereocenters. The highest BCUT2D eigenvalue weighted by Crippen LogP contribution is 1.92. The van der Waals surface area contributed by atoms with Gasteiger partial charge in [-0.1, -0.05) is 0 Å². The van der Waals surface area contributed by atoms with Crippen LogP contribution in [0.5, 0.6) is 0 Å². The first-order valence-corrected chi connectivity index (χ1v) is 6.16. The average molecular weight is 266 g/mol. The zero-order valence-corrected chi connectivity index (χ0v) is 12.0. The quantitative estimate of drug-likeness (QED) is 0.554. The van der Waals surface area contributed by atoms with Gasteiger partial charge in [-0.2, -0.15) is 5.10 Å². The summed E-state index contributed by atoms with van der Waals surface area (Å²) in [6.07, 6.45) is 3.80. The molecule has 0 aliphatic heterocycles. The van der Waals surface area contributed by atoms with Crippen molar-refractivity contribution in [2.75, 3.05) is 34.2 Å². The van der Waals surface area contributed by atoms with Crippen LogP contribution in [-0.4, -0.2) is 60.8 Å². The number of carbonyl (C=O) groups excluding carboxylic acids is 1. The Morgan fingerprint density at radius 1 is 1.47 bits per heavy atom. The highest BCUT2D eigenvalue weighted by Gasteiger charge is 2.04. The first-order valence-electron chi connectivity index (χ1n) is 6.16. The van der Waals surface area contributed by atoms with Crippen LogP contribution in [0.15, 0.2) is 17.4 Å². The standard InChI is InChI=1S/C12H22N6O/c1-10-7-16-18(9-10)6-5-14-12(13-2)15-8-11(19)17(3)4/h7,9H,5-6,8H2,1-4H3,(H2,13,14,15). The molecule has 0 saturated carbocycles. The van der Waals surface area contributed by atoms with Crippen molar-refractivity contribution in [3.8, 4) is 0 Å². The molecular weight excluding hydrogens is 244 g/mol. The number of rotatable bonds is 5. The Kier molecular flexibility index (Phi) is 5.84. The van der Waals surface area contributed by atoms with Crippen LogP contribution < -0.4 is 10.6 Å². The van der Waals surface area contributed by atoms with Gasteiger partial charge in [0.1, 0.15) is 0 Å². The first-order chi connectivity index (χ1) is 9.02. The molecule has 1 heterocycles. The Morgan fingerprint density at radius 3 is 2.74 bits per heavy atom. The molecule has 1 rings (SSSR count). The Labute approximate surface area is 113 Å². The van der Waals surface area contributed by atoms with Crippen LogP contribution in [-0.2, 0) is 11.3 Å². The van der Waals surface area contributed by atoms with Gasteiger partial charge in [0.2, 0.25) is 5.91 Å². The van der Waals surface area contributed by atoms with E-state index in [0.717, 1.165) is 12.1 Å². The molecule has 1 amide bonds. The summed E-state index contributed by atoms with van der Waals surface area (Å²) in [6, 6.07) is 0. The predicted molar refractivity (Wildman–Crippen MR) is 75.0 cm³/mol. The van der Waals surface area contributed by atoms with Crippen molar-refractivity contribution >= 4 is 11.9 Å². The van der Waals surface area contributed by atoms with Crippen molar-refractivity contribution in [3.05, 3.63) is 18.0 Å². The molecular formula is C12H22N6O. The van der Waals surface area contributed by atoms with Gasteiger partial charge in [-0.25, -0.2) is 0 Å². The van der Waals surface area contributed by atoms with E-state index in [9.17, 15) is 4.79 Å². The van der Waals surface area contributed by atoms with Crippen LogP contribution >= 0.6 is 0 Å². The van der Waals surface area contributed by atoms with E-state index in [4.69, 9.17) is 0 Å². The number of nitrogens with one attached hydrogen (secondary N) is 2. The number of guanidine groups is 1. The molecule has 0 radical (unpaired) electrons. The van der Waals surface area contributed by atoms with Crippen molar-refractivity contribution in [2.24, 2.45) is 4.99 Å². The highest BCUT2D eigenvalue weighted by atomic mass is 16.2. The third-order valence-corrected chi connectivity index (χ3v) is 2.53. The summed E-state index contributed by atoms with van der Waals surface area (Å²) in [5.74, 6) is 0.615. The van der Waals surface area contributed by atoms with E-state index in [2.05, 4.69) is 20.7 Å². The zero-order valence-electron chi connectivity index (χ0n) is 12.0. The number of aliphatic imine (C=N–C) groups is 1. The van der Waals surface area contributed by atoms with Gasteiger partial charge in [0.25, 0.3) is 0 Å². The minimum absolute atomic E-state index is 0.00523. The summed E-state index contributed by atoms with van der Waals surface area (Å²) in [7, 11) is 5.12. The minimum Gasteiger partial charge on any atom is -0.355 e. The van der Waals surface area contributed by atoms with Crippen molar-refractivity contribution in [3.63, 3.8) is 0 Å². The van der Waals surface area contributed by atoms with Crippen LogP contribution in [0.4, 0.5) is 0 Å². The highest BCUT2D eigenvalue weighted by molar-refractivity contribution is 5.86. The van der Waals surface area contributed by atoms with Gasteiger partial charge in [0.05, 0.1) is 19.3 Å². The second-order valence-electron chi connectivity index (χ2n) is 4.42. The van der Waals surface area contributed by atoms with Crippen LogP contribution in [0.1, 0.15) is 5.56 Å². The lowest BCUT2D eigenvalue weighted by molar-refractivity contribution is -0.127. The molecule has 2 N–H and O–H groups in total. The topological polar surface area (TPSA) is 74.5 Å². The fraction of sp³-hybridized carbons (Fsp3) is 0.583. The fourth-order valence-electron chi connectivity index (χ4n) is 1.42. The van der Waals surface area contributed by atoms with Crippen molar-refractivity contribution < 1.29 is 4.79 Å². The molecule has 0 fully saturated rings. The maximum Gasteiger partial charge on any atom is 0.241 e. The molecule has 7 nitrogen and oxygen atoms in total. The van der Waals surface area contributed by atoms with Gasteiger partial charge in [-0.15, -0.1) is 0 Å². The SMILES string of the molecule is CN=C(NCCn1cc(C)cn1)NCC(=O)N(C)C. The third kappa shape index (κ3) is 5.41. The molecule has 0 aromatic carbocycles. The van der Waals surface area contributed by atoms with Gasteiger partial charge >= 0.3 is 0 Å². The van der Waals surface area contributed by atoms with Crippen LogP contribution in [0, 0.1) is 6.92 Å². The number of aryl methyl sites for hydroxylation is 1. The third-order valence-electron chi connectivity index (χ3n) is 2.53. The van der Waals surface area contributed by atoms with E-state index in [1.165, 1.54) is 4.90 Å². The predicted octanol–water partition coefficient (Wildman–Crippen LogP) is -0.555. The lowest BCUT2D eigenvalue weighted by atomic mass is 10.4. The number of hydrogen-bond acceptors (Lipinski definition) is 3. The maximum atomic E-state index is 11.4. The van der Waals surface area contributed by atoms with Gasteiger partial charge < -0.3 is 15.5 Å². The Balaban J connectivity index is 2.28. The second-order valence-corrected chi connectivity index (χ2v) is 4.42. The molecule has 0 saturated heterocycles. The van der Waals surface area contributed by atoms with E-state index in [1.54, 1.807) is 21.1 Å². The van der Waals surface area contributed by atoms with Gasteiger partial charge in [0, 0.05) is 33.9 Å². The smallest absolute Gasteiger partial charge is 0.241 e. The molecule has 0 aliphatic rings. The molecule has 0 unspecified atom stereocenters. The Bertz CT molecular complexity index is 437. The molecule has 1 aromatic rings. The molecule has 7 heteroatoms. The number of likely N-dealkylation sites (N-methyl/N-ethyl adjacent to an activating group) is 1. The number of nitrogens with zero attached hydrogens (tertiary/aromatic N) is 4. The van der Waals surface area contributed by atoms with Crippen molar-refractivity contribution in [1.82, 2.24) is 25.3 Å². The second kappa shape index (κ2) is 7.40. The van der Waals surface area contributed by atoms with Gasteiger partial charge in [0.15, 0.2) is 5.96 Å². The molecule has 19 heavy (non-hydrogen) atoms. The molecule has 0 bridgehead atoms. The Morgan fingerprint density at radius 2 is 2.21 bits per heavy atom. The number of hydrogen-bond donors (Lipinski definition) is 2. The van der Waals surface area contributed by atoms with Crippen molar-refractivity contribution in [1.29, 1.82) is 0 Å². The summed E-state index contributed by atoms with van der Waals surface area (Å²) < 4.78 is 1.86. The summed E-state index contributed by atoms with van der Waals surface area (Å²) in [6.45, 7) is 3.67. The van der Waals surface area contributed by atoms with E-state index in [0.29, 0.717) is 12.5 Å². The normalized spacial score (nSPS) is 11.3. The van der Waals surface area contributed by atoms with Crippen molar-refractivity contribution in [2.45, 2.75) is 13.5 Å². The average Bonchev–Trinajstić information content (AvgIpc) is 2.78. The van der Waals surface area contributed by atoms with Gasteiger partial charge in [-0.3, -0.25) is 14.5 Å². The van der Waals surface area contributed by atoms with Crippen LogP contribution in [0.3, 0.4) is 0 Å². The number of amides is 1. The summed E-state index contributed by atoms with van der Waals surface area (Å²) >= 11 is 0. The fourth-order valence-corrected chi connectivity index (χ4v) is 1.42. The summed E-state index contributed by atoms with van der Waals surface area (Å²) in [5, 5.41) is 10.3. The lowest BCUT2D eigenvalue weighted by Crippen LogP contribution is -2.43. The van der Waals surface area contributed by atoms with Crippen LogP contribution in [0.25, 0.3) is 0 Å². The molecule has 1 aromatic heterocycles. The van der Waals surface area contributed by atoms with Crippen LogP contribution in [0.2, 0.25) is 0 Å². The monoisotopic (exact) mass is 266 g/mol. The molecule has 0 aliphatic carbocycles. The largest absolute Gasteiger partial charge is 0.355 e. The molecule has 0 spiro atoms. The number of carbonyl (C=O) groups is 1. The van der Waals surface area contributed by atoms with E-state index in [-0.39, 0.29) is 12.5 Å². The zero-order chi connectivity index (χ0) is 14.3. The minimum atomic E-state index is 0.00523. The maximum absolute atomic E-state index is 11.4.